The van der Waals surface area contributed by atoms with Gasteiger partial charge in [0.05, 0.1) is 6.10 Å². The molecule has 0 fully saturated rings. The molecule has 0 aliphatic carbocycles. The number of aliphatic hydroxyl groups excluding tert-OH is 1. The number of aliphatic hydroxyl groups is 1. The van der Waals surface area contributed by atoms with Crippen LogP contribution in [0.3, 0.4) is 0 Å². The molecule has 0 heterocycles. The second-order valence-electron chi connectivity index (χ2n) is 5.89. The molecule has 18 heavy (non-hydrogen) atoms. The van der Waals surface area contributed by atoms with Gasteiger partial charge < -0.3 is 10.4 Å². The molecular weight excluding hydrogens is 226 g/mol. The second-order valence-corrected chi connectivity index (χ2v) is 5.89. The molecule has 1 aromatic carbocycles. The Kier molecular flexibility index (Phi) is 5.35. The molecule has 1 atom stereocenters. The van der Waals surface area contributed by atoms with Gasteiger partial charge in [0.15, 0.2) is 0 Å². The van der Waals surface area contributed by atoms with Crippen LogP contribution < -0.4 is 5.32 Å². The topological polar surface area (TPSA) is 49.3 Å². The van der Waals surface area contributed by atoms with E-state index >= 15 is 0 Å². The standard InChI is InChI=1S/C15H23NO2/c1-15(2,3)10-14(18)16-11-13(17)9-12-7-5-4-6-8-12/h4-8,13,17H,9-11H2,1-3H3,(H,16,18)/t13-/m0/s1. The predicted octanol–water partition coefficient (Wildman–Crippen LogP) is 2.14. The summed E-state index contributed by atoms with van der Waals surface area (Å²) >= 11 is 0. The number of hydrogen-bond donors (Lipinski definition) is 2. The summed E-state index contributed by atoms with van der Waals surface area (Å²) in [6.45, 7) is 6.37. The van der Waals surface area contributed by atoms with Crippen molar-refractivity contribution >= 4 is 5.91 Å². The van der Waals surface area contributed by atoms with Gasteiger partial charge in [0, 0.05) is 19.4 Å². The zero-order chi connectivity index (χ0) is 13.6. The molecule has 0 bridgehead atoms. The Labute approximate surface area is 109 Å². The second kappa shape index (κ2) is 6.55. The van der Waals surface area contributed by atoms with Crippen LogP contribution in [0, 0.1) is 5.41 Å². The van der Waals surface area contributed by atoms with Gasteiger partial charge in [-0.15, -0.1) is 0 Å². The number of nitrogens with one attached hydrogen (secondary N) is 1. The molecule has 0 radical (unpaired) electrons. The fourth-order valence-electron chi connectivity index (χ4n) is 1.73. The summed E-state index contributed by atoms with van der Waals surface area (Å²) in [5.41, 5.74) is 1.06. The monoisotopic (exact) mass is 249 g/mol. The van der Waals surface area contributed by atoms with Crippen LogP contribution in [0.2, 0.25) is 0 Å². The Morgan fingerprint density at radius 1 is 1.28 bits per heavy atom. The van der Waals surface area contributed by atoms with Crippen LogP contribution in [0.4, 0.5) is 0 Å². The van der Waals surface area contributed by atoms with E-state index in [9.17, 15) is 9.90 Å². The summed E-state index contributed by atoms with van der Waals surface area (Å²) < 4.78 is 0. The highest BCUT2D eigenvalue weighted by molar-refractivity contribution is 5.76. The summed E-state index contributed by atoms with van der Waals surface area (Å²) in [5.74, 6) is -0.00499. The molecule has 0 saturated heterocycles. The Morgan fingerprint density at radius 2 is 1.89 bits per heavy atom. The lowest BCUT2D eigenvalue weighted by atomic mass is 9.92. The maximum atomic E-state index is 11.6. The molecule has 0 aliphatic heterocycles. The molecule has 0 aliphatic rings. The lowest BCUT2D eigenvalue weighted by Gasteiger charge is -2.18. The molecule has 100 valence electrons. The van der Waals surface area contributed by atoms with Gasteiger partial charge in [-0.1, -0.05) is 51.1 Å². The van der Waals surface area contributed by atoms with E-state index in [1.807, 2.05) is 51.1 Å². The molecule has 3 nitrogen and oxygen atoms in total. The normalized spacial score (nSPS) is 13.1. The van der Waals surface area contributed by atoms with Gasteiger partial charge in [-0.3, -0.25) is 4.79 Å². The number of hydrogen-bond acceptors (Lipinski definition) is 2. The Bertz CT molecular complexity index is 368. The first kappa shape index (κ1) is 14.7. The van der Waals surface area contributed by atoms with E-state index in [2.05, 4.69) is 5.32 Å². The van der Waals surface area contributed by atoms with Gasteiger partial charge in [-0.25, -0.2) is 0 Å². The van der Waals surface area contributed by atoms with Crippen molar-refractivity contribution in [2.45, 2.75) is 39.7 Å². The van der Waals surface area contributed by atoms with Crippen molar-refractivity contribution in [1.29, 1.82) is 0 Å². The first-order valence-electron chi connectivity index (χ1n) is 6.35. The fraction of sp³-hybridized carbons (Fsp3) is 0.533. The largest absolute Gasteiger partial charge is 0.391 e. The van der Waals surface area contributed by atoms with Crippen LogP contribution in [-0.2, 0) is 11.2 Å². The van der Waals surface area contributed by atoms with E-state index in [1.54, 1.807) is 0 Å². The van der Waals surface area contributed by atoms with Crippen LogP contribution in [0.15, 0.2) is 30.3 Å². The maximum Gasteiger partial charge on any atom is 0.220 e. The van der Waals surface area contributed by atoms with Crippen molar-refractivity contribution in [1.82, 2.24) is 5.32 Å². The zero-order valence-corrected chi connectivity index (χ0v) is 11.4. The zero-order valence-electron chi connectivity index (χ0n) is 11.4. The van der Waals surface area contributed by atoms with Crippen LogP contribution in [0.25, 0.3) is 0 Å². The van der Waals surface area contributed by atoms with Crippen molar-refractivity contribution in [3.8, 4) is 0 Å². The Morgan fingerprint density at radius 3 is 2.44 bits per heavy atom. The van der Waals surface area contributed by atoms with Gasteiger partial charge >= 0.3 is 0 Å². The molecule has 0 spiro atoms. The summed E-state index contributed by atoms with van der Waals surface area (Å²) in [6.07, 6.45) is 0.512. The van der Waals surface area contributed by atoms with Gasteiger partial charge in [-0.05, 0) is 11.0 Å². The van der Waals surface area contributed by atoms with Gasteiger partial charge in [0.1, 0.15) is 0 Å². The minimum atomic E-state index is -0.531. The number of rotatable bonds is 5. The van der Waals surface area contributed by atoms with Crippen LogP contribution >= 0.6 is 0 Å². The van der Waals surface area contributed by atoms with Crippen LogP contribution in [0.5, 0.6) is 0 Å². The van der Waals surface area contributed by atoms with Crippen LogP contribution in [0.1, 0.15) is 32.8 Å². The minimum Gasteiger partial charge on any atom is -0.391 e. The highest BCUT2D eigenvalue weighted by Crippen LogP contribution is 2.17. The van der Waals surface area contributed by atoms with Crippen LogP contribution in [-0.4, -0.2) is 23.7 Å². The van der Waals surface area contributed by atoms with E-state index in [1.165, 1.54) is 0 Å². The highest BCUT2D eigenvalue weighted by atomic mass is 16.3. The van der Waals surface area contributed by atoms with Gasteiger partial charge in [0.25, 0.3) is 0 Å². The lowest BCUT2D eigenvalue weighted by molar-refractivity contribution is -0.123. The predicted molar refractivity (Wildman–Crippen MR) is 73.2 cm³/mol. The average molecular weight is 249 g/mol. The van der Waals surface area contributed by atoms with E-state index in [0.29, 0.717) is 19.4 Å². The molecule has 1 rings (SSSR count). The molecule has 0 unspecified atom stereocenters. The molecule has 1 amide bonds. The summed E-state index contributed by atoms with van der Waals surface area (Å²) in [4.78, 5) is 11.6. The van der Waals surface area contributed by atoms with E-state index in [0.717, 1.165) is 5.56 Å². The average Bonchev–Trinajstić information content (AvgIpc) is 2.25. The van der Waals surface area contributed by atoms with Gasteiger partial charge in [0.2, 0.25) is 5.91 Å². The Hall–Kier alpha value is -1.35. The molecular formula is C15H23NO2. The number of carbonyl (C=O) groups is 1. The van der Waals surface area contributed by atoms with Crippen molar-refractivity contribution in [2.24, 2.45) is 5.41 Å². The van der Waals surface area contributed by atoms with Crippen molar-refractivity contribution in [2.75, 3.05) is 6.54 Å². The summed E-state index contributed by atoms with van der Waals surface area (Å²) in [7, 11) is 0. The highest BCUT2D eigenvalue weighted by Gasteiger charge is 2.16. The number of amides is 1. The lowest BCUT2D eigenvalue weighted by Crippen LogP contribution is -2.35. The Balaban J connectivity index is 2.29. The van der Waals surface area contributed by atoms with E-state index in [4.69, 9.17) is 0 Å². The summed E-state index contributed by atoms with van der Waals surface area (Å²) in [6, 6.07) is 9.78. The third-order valence-corrected chi connectivity index (χ3v) is 2.54. The van der Waals surface area contributed by atoms with Crippen molar-refractivity contribution < 1.29 is 9.90 Å². The van der Waals surface area contributed by atoms with Crippen molar-refractivity contribution in [3.05, 3.63) is 35.9 Å². The number of carbonyl (C=O) groups excluding carboxylic acids is 1. The fourth-order valence-corrected chi connectivity index (χ4v) is 1.73. The maximum absolute atomic E-state index is 11.6. The smallest absolute Gasteiger partial charge is 0.220 e. The molecule has 2 N–H and O–H groups in total. The van der Waals surface area contributed by atoms with Crippen molar-refractivity contribution in [3.63, 3.8) is 0 Å². The van der Waals surface area contributed by atoms with Gasteiger partial charge in [-0.2, -0.15) is 0 Å². The first-order valence-corrected chi connectivity index (χ1v) is 6.35. The van der Waals surface area contributed by atoms with E-state index < -0.39 is 6.10 Å². The summed E-state index contributed by atoms with van der Waals surface area (Å²) in [5, 5.41) is 12.6. The first-order chi connectivity index (χ1) is 8.37. The van der Waals surface area contributed by atoms with E-state index in [-0.39, 0.29) is 11.3 Å². The number of benzene rings is 1. The molecule has 3 heteroatoms. The quantitative estimate of drug-likeness (QED) is 0.840. The third kappa shape index (κ3) is 6.40. The molecule has 0 aromatic heterocycles. The molecule has 0 saturated carbocycles. The SMILES string of the molecule is CC(C)(C)CC(=O)NC[C@@H](O)Cc1ccccc1. The minimum absolute atomic E-state index is 0.00499. The third-order valence-electron chi connectivity index (χ3n) is 2.54. The molecule has 1 aromatic rings.